The minimum atomic E-state index is -2.98. The fourth-order valence-electron chi connectivity index (χ4n) is 3.44. The molecule has 0 spiro atoms. The van der Waals surface area contributed by atoms with E-state index in [1.807, 2.05) is 15.6 Å². The number of nitrogens with zero attached hydrogens (tertiary/aromatic N) is 4. The quantitative estimate of drug-likeness (QED) is 0.788. The average Bonchev–Trinajstić information content (AvgIpc) is 3.29. The highest BCUT2D eigenvalue weighted by atomic mass is 32.2. The number of sulfone groups is 1. The minimum absolute atomic E-state index is 0.0168. The number of nitrogens with one attached hydrogen (secondary N) is 1. The van der Waals surface area contributed by atoms with Crippen LogP contribution in [0.5, 0.6) is 0 Å². The summed E-state index contributed by atoms with van der Waals surface area (Å²) in [5.74, 6) is 0.346. The maximum absolute atomic E-state index is 12.2. The summed E-state index contributed by atoms with van der Waals surface area (Å²) in [7, 11) is -2.98. The lowest BCUT2D eigenvalue weighted by Gasteiger charge is -2.34. The van der Waals surface area contributed by atoms with Crippen molar-refractivity contribution in [3.8, 4) is 0 Å². The summed E-state index contributed by atoms with van der Waals surface area (Å²) < 4.78 is 25.5. The first-order valence-corrected chi connectivity index (χ1v) is 10.8. The van der Waals surface area contributed by atoms with Crippen molar-refractivity contribution in [2.24, 2.45) is 0 Å². The molecular formula is C16H27N5O3S. The third kappa shape index (κ3) is 4.52. The molecule has 2 amide bonds. The van der Waals surface area contributed by atoms with Crippen LogP contribution < -0.4 is 5.32 Å². The van der Waals surface area contributed by atoms with Gasteiger partial charge in [-0.1, -0.05) is 6.92 Å². The Morgan fingerprint density at radius 3 is 2.84 bits per heavy atom. The minimum Gasteiger partial charge on any atom is -0.336 e. The molecule has 0 bridgehead atoms. The third-order valence-corrected chi connectivity index (χ3v) is 6.68. The van der Waals surface area contributed by atoms with Crippen molar-refractivity contribution in [1.29, 1.82) is 0 Å². The number of amides is 2. The van der Waals surface area contributed by atoms with Crippen molar-refractivity contribution in [3.05, 3.63) is 18.0 Å². The highest BCUT2D eigenvalue weighted by molar-refractivity contribution is 7.91. The van der Waals surface area contributed by atoms with E-state index in [2.05, 4.69) is 15.3 Å². The zero-order valence-corrected chi connectivity index (χ0v) is 15.5. The molecule has 140 valence electrons. The standard InChI is InChI=1S/C16H27N5O3S/c1-2-25(23,24)10-9-19-12-14-5-6-18-21(14)15(13-19)11-17-16(22)20-7-3-4-8-20/h5-6,15H,2-4,7-13H2,1H3,(H,17,22). The summed E-state index contributed by atoms with van der Waals surface area (Å²) in [6.07, 6.45) is 3.90. The molecule has 0 radical (unpaired) electrons. The monoisotopic (exact) mass is 369 g/mol. The Bertz CT molecular complexity index is 696. The van der Waals surface area contributed by atoms with Crippen LogP contribution in [0.1, 0.15) is 31.5 Å². The largest absolute Gasteiger partial charge is 0.336 e. The molecule has 1 unspecified atom stereocenters. The van der Waals surface area contributed by atoms with E-state index in [1.54, 1.807) is 13.1 Å². The summed E-state index contributed by atoms with van der Waals surface area (Å²) in [4.78, 5) is 16.2. The molecule has 2 aliphatic rings. The lowest BCUT2D eigenvalue weighted by Crippen LogP contribution is -2.46. The van der Waals surface area contributed by atoms with Gasteiger partial charge in [0.2, 0.25) is 0 Å². The van der Waals surface area contributed by atoms with E-state index < -0.39 is 9.84 Å². The Morgan fingerprint density at radius 1 is 1.36 bits per heavy atom. The fraction of sp³-hybridized carbons (Fsp3) is 0.750. The number of hydrogen-bond acceptors (Lipinski definition) is 5. The van der Waals surface area contributed by atoms with Gasteiger partial charge in [0, 0.05) is 51.2 Å². The summed E-state index contributed by atoms with van der Waals surface area (Å²) in [5.41, 5.74) is 1.06. The molecule has 3 heterocycles. The van der Waals surface area contributed by atoms with E-state index >= 15 is 0 Å². The van der Waals surface area contributed by atoms with Crippen LogP contribution in [-0.4, -0.2) is 78.3 Å². The molecule has 25 heavy (non-hydrogen) atoms. The lowest BCUT2D eigenvalue weighted by atomic mass is 10.2. The molecule has 0 aromatic carbocycles. The van der Waals surface area contributed by atoms with Crippen molar-refractivity contribution in [1.82, 2.24) is 24.9 Å². The highest BCUT2D eigenvalue weighted by Gasteiger charge is 2.27. The Hall–Kier alpha value is -1.61. The molecule has 1 aromatic heterocycles. The first kappa shape index (κ1) is 18.2. The fourth-order valence-corrected chi connectivity index (χ4v) is 4.26. The van der Waals surface area contributed by atoms with Crippen LogP contribution in [0, 0.1) is 0 Å². The van der Waals surface area contributed by atoms with Gasteiger partial charge in [0.15, 0.2) is 9.84 Å². The second-order valence-electron chi connectivity index (χ2n) is 6.77. The molecular weight excluding hydrogens is 342 g/mol. The Labute approximate surface area is 149 Å². The lowest BCUT2D eigenvalue weighted by molar-refractivity contribution is 0.174. The summed E-state index contributed by atoms with van der Waals surface area (Å²) in [5, 5.41) is 7.39. The van der Waals surface area contributed by atoms with E-state index in [9.17, 15) is 13.2 Å². The molecule has 2 aliphatic heterocycles. The smallest absolute Gasteiger partial charge is 0.317 e. The van der Waals surface area contributed by atoms with Gasteiger partial charge in [0.05, 0.1) is 17.5 Å². The van der Waals surface area contributed by atoms with Crippen molar-refractivity contribution < 1.29 is 13.2 Å². The number of hydrogen-bond donors (Lipinski definition) is 1. The van der Waals surface area contributed by atoms with Gasteiger partial charge in [-0.2, -0.15) is 5.10 Å². The number of likely N-dealkylation sites (tertiary alicyclic amines) is 1. The number of carbonyl (C=O) groups excluding carboxylic acids is 1. The predicted molar refractivity (Wildman–Crippen MR) is 95.1 cm³/mol. The number of urea groups is 1. The normalized spacial score (nSPS) is 21.3. The topological polar surface area (TPSA) is 87.5 Å². The highest BCUT2D eigenvalue weighted by Crippen LogP contribution is 2.20. The van der Waals surface area contributed by atoms with Gasteiger partial charge in [0.25, 0.3) is 0 Å². The molecule has 0 aliphatic carbocycles. The van der Waals surface area contributed by atoms with Crippen LogP contribution in [0.3, 0.4) is 0 Å². The van der Waals surface area contributed by atoms with Gasteiger partial charge in [-0.3, -0.25) is 9.58 Å². The maximum Gasteiger partial charge on any atom is 0.317 e. The second kappa shape index (κ2) is 7.74. The van der Waals surface area contributed by atoms with Crippen molar-refractivity contribution in [2.45, 2.75) is 32.4 Å². The van der Waals surface area contributed by atoms with Gasteiger partial charge in [-0.25, -0.2) is 13.2 Å². The first-order valence-electron chi connectivity index (χ1n) is 8.96. The molecule has 8 nitrogen and oxygen atoms in total. The molecule has 1 atom stereocenters. The van der Waals surface area contributed by atoms with Crippen LogP contribution in [0.25, 0.3) is 0 Å². The number of carbonyl (C=O) groups is 1. The predicted octanol–water partition coefficient (Wildman–Crippen LogP) is 0.480. The van der Waals surface area contributed by atoms with Crippen LogP contribution in [0.2, 0.25) is 0 Å². The van der Waals surface area contributed by atoms with Crippen LogP contribution in [-0.2, 0) is 16.4 Å². The summed E-state index contributed by atoms with van der Waals surface area (Å²) >= 11 is 0. The Morgan fingerprint density at radius 2 is 2.12 bits per heavy atom. The molecule has 1 N–H and O–H groups in total. The SMILES string of the molecule is CCS(=O)(=O)CCN1Cc2ccnn2C(CNC(=O)N2CCCC2)C1. The zero-order chi connectivity index (χ0) is 17.9. The first-order chi connectivity index (χ1) is 12.0. The van der Waals surface area contributed by atoms with E-state index in [4.69, 9.17) is 0 Å². The molecule has 9 heteroatoms. The molecule has 1 aromatic rings. The summed E-state index contributed by atoms with van der Waals surface area (Å²) in [6.45, 7) is 5.72. The average molecular weight is 369 g/mol. The van der Waals surface area contributed by atoms with E-state index in [-0.39, 0.29) is 23.6 Å². The van der Waals surface area contributed by atoms with Gasteiger partial charge >= 0.3 is 6.03 Å². The Balaban J connectivity index is 1.59. The molecule has 1 fully saturated rings. The van der Waals surface area contributed by atoms with Gasteiger partial charge in [-0.05, 0) is 18.9 Å². The molecule has 1 saturated heterocycles. The van der Waals surface area contributed by atoms with Crippen molar-refractivity contribution >= 4 is 15.9 Å². The van der Waals surface area contributed by atoms with Gasteiger partial charge in [0.1, 0.15) is 0 Å². The Kier molecular flexibility index (Phi) is 5.63. The van der Waals surface area contributed by atoms with Crippen LogP contribution in [0.4, 0.5) is 4.79 Å². The van der Waals surface area contributed by atoms with E-state index in [1.165, 1.54) is 0 Å². The number of rotatable bonds is 6. The third-order valence-electron chi connectivity index (χ3n) is 4.99. The number of fused-ring (bicyclic) bond motifs is 1. The van der Waals surface area contributed by atoms with Gasteiger partial charge < -0.3 is 10.2 Å². The number of aromatic nitrogens is 2. The second-order valence-corrected chi connectivity index (χ2v) is 9.25. The van der Waals surface area contributed by atoms with E-state index in [0.29, 0.717) is 26.2 Å². The summed E-state index contributed by atoms with van der Waals surface area (Å²) in [6, 6.07) is 1.96. The van der Waals surface area contributed by atoms with Crippen molar-refractivity contribution in [2.75, 3.05) is 44.2 Å². The molecule has 3 rings (SSSR count). The van der Waals surface area contributed by atoms with E-state index in [0.717, 1.165) is 31.6 Å². The van der Waals surface area contributed by atoms with Crippen molar-refractivity contribution in [3.63, 3.8) is 0 Å². The maximum atomic E-state index is 12.2. The zero-order valence-electron chi connectivity index (χ0n) is 14.7. The van der Waals surface area contributed by atoms with Crippen LogP contribution >= 0.6 is 0 Å². The van der Waals surface area contributed by atoms with Gasteiger partial charge in [-0.15, -0.1) is 0 Å². The molecule has 0 saturated carbocycles. The van der Waals surface area contributed by atoms with Crippen LogP contribution in [0.15, 0.2) is 12.3 Å².